The summed E-state index contributed by atoms with van der Waals surface area (Å²) in [6.07, 6.45) is 0. The first-order valence-corrected chi connectivity index (χ1v) is 6.40. The molecule has 1 N–H and O–H groups in total. The van der Waals surface area contributed by atoms with E-state index in [0.29, 0.717) is 15.4 Å². The van der Waals surface area contributed by atoms with Crippen molar-refractivity contribution in [1.29, 1.82) is 0 Å². The van der Waals surface area contributed by atoms with E-state index in [1.54, 1.807) is 12.1 Å². The zero-order chi connectivity index (χ0) is 12.7. The van der Waals surface area contributed by atoms with Crippen molar-refractivity contribution < 1.29 is 4.42 Å². The monoisotopic (exact) mass is 370 g/mol. The molecule has 0 atom stereocenters. The summed E-state index contributed by atoms with van der Waals surface area (Å²) in [5.74, 6) is 0.507. The Morgan fingerprint density at radius 1 is 1.22 bits per heavy atom. The number of fused-ring (bicyclic) bond motifs is 1. The van der Waals surface area contributed by atoms with E-state index in [1.807, 2.05) is 0 Å². The third-order valence-electron chi connectivity index (χ3n) is 2.31. The van der Waals surface area contributed by atoms with Crippen molar-refractivity contribution in [2.75, 3.05) is 0 Å². The third-order valence-corrected chi connectivity index (χ3v) is 3.36. The van der Waals surface area contributed by atoms with E-state index in [4.69, 9.17) is 4.42 Å². The van der Waals surface area contributed by atoms with Gasteiger partial charge in [-0.05, 0) is 33.3 Å². The standard InChI is InChI=1S/C10H4Br2N4O2/c11-4-1-5-7(17)3-8(10-13-15-16-14-10)18-9(5)6(12)2-4/h1-3H,(H,13,14,15,16). The zero-order valence-corrected chi connectivity index (χ0v) is 11.8. The molecule has 18 heavy (non-hydrogen) atoms. The Kier molecular flexibility index (Phi) is 2.75. The predicted octanol–water partition coefficient (Wildman–Crippen LogP) is 2.50. The van der Waals surface area contributed by atoms with E-state index in [0.717, 1.165) is 4.47 Å². The highest BCUT2D eigenvalue weighted by atomic mass is 79.9. The maximum Gasteiger partial charge on any atom is 0.239 e. The lowest BCUT2D eigenvalue weighted by molar-refractivity contribution is 0.611. The van der Waals surface area contributed by atoms with Crippen molar-refractivity contribution in [3.8, 4) is 11.6 Å². The van der Waals surface area contributed by atoms with Crippen LogP contribution in [0.25, 0.3) is 22.6 Å². The van der Waals surface area contributed by atoms with Crippen LogP contribution in [0.4, 0.5) is 0 Å². The molecule has 0 aliphatic heterocycles. The molecule has 3 aromatic rings. The molecule has 90 valence electrons. The minimum Gasteiger partial charge on any atom is -0.451 e. The van der Waals surface area contributed by atoms with Crippen LogP contribution in [0, 0.1) is 0 Å². The fourth-order valence-electron chi connectivity index (χ4n) is 1.56. The molecule has 0 aliphatic rings. The second kappa shape index (κ2) is 4.29. The van der Waals surface area contributed by atoms with Crippen LogP contribution in [0.1, 0.15) is 0 Å². The SMILES string of the molecule is O=c1cc(-c2nn[nH]n2)oc2c(Br)cc(Br)cc12. The van der Waals surface area contributed by atoms with E-state index >= 15 is 0 Å². The predicted molar refractivity (Wildman–Crippen MR) is 71.1 cm³/mol. The van der Waals surface area contributed by atoms with Gasteiger partial charge in [0.2, 0.25) is 5.82 Å². The first-order valence-electron chi connectivity index (χ1n) is 4.82. The number of hydrogen-bond donors (Lipinski definition) is 1. The van der Waals surface area contributed by atoms with Gasteiger partial charge < -0.3 is 4.42 Å². The van der Waals surface area contributed by atoms with Gasteiger partial charge in [0.25, 0.3) is 0 Å². The molecule has 1 aromatic carbocycles. The molecule has 0 saturated carbocycles. The van der Waals surface area contributed by atoms with Crippen molar-refractivity contribution in [1.82, 2.24) is 20.6 Å². The van der Waals surface area contributed by atoms with Gasteiger partial charge >= 0.3 is 0 Å². The number of aromatic amines is 1. The smallest absolute Gasteiger partial charge is 0.239 e. The van der Waals surface area contributed by atoms with Gasteiger partial charge in [-0.1, -0.05) is 15.9 Å². The summed E-state index contributed by atoms with van der Waals surface area (Å²) in [5, 5.41) is 13.8. The highest BCUT2D eigenvalue weighted by Crippen LogP contribution is 2.28. The largest absolute Gasteiger partial charge is 0.451 e. The number of nitrogens with zero attached hydrogens (tertiary/aromatic N) is 3. The second-order valence-corrected chi connectivity index (χ2v) is 5.24. The maximum atomic E-state index is 12.0. The number of nitrogens with one attached hydrogen (secondary N) is 1. The Morgan fingerprint density at radius 2 is 2.06 bits per heavy atom. The van der Waals surface area contributed by atoms with E-state index < -0.39 is 0 Å². The van der Waals surface area contributed by atoms with Crippen molar-refractivity contribution >= 4 is 42.8 Å². The number of rotatable bonds is 1. The Bertz CT molecular complexity index is 782. The van der Waals surface area contributed by atoms with Gasteiger partial charge in [0.05, 0.1) is 9.86 Å². The fraction of sp³-hybridized carbons (Fsp3) is 0. The summed E-state index contributed by atoms with van der Waals surface area (Å²) < 4.78 is 7.09. The second-order valence-electron chi connectivity index (χ2n) is 3.47. The molecule has 0 spiro atoms. The molecule has 6 nitrogen and oxygen atoms in total. The summed E-state index contributed by atoms with van der Waals surface area (Å²) >= 11 is 6.68. The Morgan fingerprint density at radius 3 is 2.78 bits per heavy atom. The van der Waals surface area contributed by atoms with Crippen LogP contribution in [-0.2, 0) is 0 Å². The van der Waals surface area contributed by atoms with E-state index in [9.17, 15) is 4.79 Å². The molecular formula is C10H4Br2N4O2. The maximum absolute atomic E-state index is 12.0. The molecule has 0 unspecified atom stereocenters. The van der Waals surface area contributed by atoms with Crippen LogP contribution in [-0.4, -0.2) is 20.6 Å². The highest BCUT2D eigenvalue weighted by molar-refractivity contribution is 9.11. The van der Waals surface area contributed by atoms with E-state index in [1.165, 1.54) is 6.07 Å². The van der Waals surface area contributed by atoms with Gasteiger partial charge in [0, 0.05) is 10.5 Å². The van der Waals surface area contributed by atoms with Crippen LogP contribution < -0.4 is 5.43 Å². The molecule has 8 heteroatoms. The molecule has 0 bridgehead atoms. The van der Waals surface area contributed by atoms with Gasteiger partial charge in [-0.3, -0.25) is 4.79 Å². The summed E-state index contributed by atoms with van der Waals surface area (Å²) in [5.41, 5.74) is 0.281. The number of aromatic nitrogens is 4. The molecule has 0 saturated heterocycles. The molecule has 2 aromatic heterocycles. The van der Waals surface area contributed by atoms with Crippen molar-refractivity contribution in [3.63, 3.8) is 0 Å². The molecule has 2 heterocycles. The zero-order valence-electron chi connectivity index (χ0n) is 8.65. The van der Waals surface area contributed by atoms with Crippen LogP contribution in [0.15, 0.2) is 36.4 Å². The first kappa shape index (κ1) is 11.5. The summed E-state index contributed by atoms with van der Waals surface area (Å²) in [7, 11) is 0. The number of H-pyrrole nitrogens is 1. The van der Waals surface area contributed by atoms with E-state index in [-0.39, 0.29) is 17.0 Å². The quantitative estimate of drug-likeness (QED) is 0.710. The lowest BCUT2D eigenvalue weighted by atomic mass is 10.2. The average molecular weight is 372 g/mol. The van der Waals surface area contributed by atoms with Crippen LogP contribution in [0.5, 0.6) is 0 Å². The van der Waals surface area contributed by atoms with Crippen LogP contribution in [0.3, 0.4) is 0 Å². The first-order chi connectivity index (χ1) is 8.65. The van der Waals surface area contributed by atoms with Gasteiger partial charge in [-0.2, -0.15) is 5.21 Å². The fourth-order valence-corrected chi connectivity index (χ4v) is 2.87. The van der Waals surface area contributed by atoms with Crippen LogP contribution >= 0.6 is 31.9 Å². The topological polar surface area (TPSA) is 84.7 Å². The summed E-state index contributed by atoms with van der Waals surface area (Å²) in [6.45, 7) is 0. The molecule has 3 rings (SSSR count). The van der Waals surface area contributed by atoms with Crippen LogP contribution in [0.2, 0.25) is 0 Å². The van der Waals surface area contributed by atoms with Gasteiger partial charge in [0.15, 0.2) is 16.8 Å². The minimum absolute atomic E-state index is 0.168. The number of benzene rings is 1. The summed E-state index contributed by atoms with van der Waals surface area (Å²) in [4.78, 5) is 12.0. The lowest BCUT2D eigenvalue weighted by Crippen LogP contribution is -2.01. The Labute approximate surface area is 117 Å². The third kappa shape index (κ3) is 1.87. The summed E-state index contributed by atoms with van der Waals surface area (Å²) in [6, 6.07) is 4.84. The van der Waals surface area contributed by atoms with Crippen molar-refractivity contribution in [2.45, 2.75) is 0 Å². The Balaban J connectivity index is 2.38. The van der Waals surface area contributed by atoms with Crippen molar-refractivity contribution in [2.24, 2.45) is 0 Å². The molecule has 0 fully saturated rings. The number of hydrogen-bond acceptors (Lipinski definition) is 5. The van der Waals surface area contributed by atoms with Gasteiger partial charge in [-0.25, -0.2) is 0 Å². The van der Waals surface area contributed by atoms with Gasteiger partial charge in [-0.15, -0.1) is 10.2 Å². The normalized spacial score (nSPS) is 11.0. The molecule has 0 amide bonds. The average Bonchev–Trinajstić information content (AvgIpc) is 2.83. The minimum atomic E-state index is -0.168. The molecular weight excluding hydrogens is 368 g/mol. The van der Waals surface area contributed by atoms with Gasteiger partial charge in [0.1, 0.15) is 0 Å². The number of halogens is 2. The van der Waals surface area contributed by atoms with E-state index in [2.05, 4.69) is 52.5 Å². The number of tetrazole rings is 1. The highest BCUT2D eigenvalue weighted by Gasteiger charge is 2.13. The molecule has 0 radical (unpaired) electrons. The Hall–Kier alpha value is -1.54. The molecule has 0 aliphatic carbocycles. The lowest BCUT2D eigenvalue weighted by Gasteiger charge is -2.02. The van der Waals surface area contributed by atoms with Crippen molar-refractivity contribution in [3.05, 3.63) is 37.4 Å².